The molecule has 1 atom stereocenters. The van der Waals surface area contributed by atoms with Gasteiger partial charge in [0.15, 0.2) is 5.16 Å². The number of benzene rings is 2. The molecule has 0 saturated heterocycles. The molecule has 170 valence electrons. The summed E-state index contributed by atoms with van der Waals surface area (Å²) in [6.07, 6.45) is 1.82. The lowest BCUT2D eigenvalue weighted by Crippen LogP contribution is -2.33. The number of anilines is 1. The van der Waals surface area contributed by atoms with Gasteiger partial charge in [0.1, 0.15) is 0 Å². The van der Waals surface area contributed by atoms with Crippen LogP contribution in [0.4, 0.5) is 5.69 Å². The van der Waals surface area contributed by atoms with E-state index in [0.717, 1.165) is 35.5 Å². The Morgan fingerprint density at radius 3 is 2.81 bits per heavy atom. The Balaban J connectivity index is 1.60. The van der Waals surface area contributed by atoms with Gasteiger partial charge in [0, 0.05) is 23.2 Å². The van der Waals surface area contributed by atoms with E-state index in [4.69, 9.17) is 5.14 Å². The van der Waals surface area contributed by atoms with E-state index >= 15 is 0 Å². The lowest BCUT2D eigenvalue weighted by atomic mass is 10.2. The number of amides is 1. The minimum Gasteiger partial charge on any atom is -0.319 e. The summed E-state index contributed by atoms with van der Waals surface area (Å²) in [7, 11) is -3.81. The average Bonchev–Trinajstić information content (AvgIpc) is 2.99. The van der Waals surface area contributed by atoms with Crippen molar-refractivity contribution in [2.45, 2.75) is 53.4 Å². The van der Waals surface area contributed by atoms with Gasteiger partial charge in [-0.3, -0.25) is 4.79 Å². The van der Waals surface area contributed by atoms with E-state index < -0.39 is 10.0 Å². The summed E-state index contributed by atoms with van der Waals surface area (Å²) in [5.41, 5.74) is 2.36. The molecule has 1 aliphatic heterocycles. The second-order valence-electron chi connectivity index (χ2n) is 7.76. The van der Waals surface area contributed by atoms with Crippen LogP contribution >= 0.6 is 23.5 Å². The predicted octanol–water partition coefficient (Wildman–Crippen LogP) is 4.10. The number of fused-ring (bicyclic) bond motifs is 2. The molecule has 32 heavy (non-hydrogen) atoms. The first kappa shape index (κ1) is 23.2. The number of para-hydroxylation sites is 1. The first-order chi connectivity index (χ1) is 15.3. The molecular formula is C22H26N4O3S3. The number of carbonyl (C=O) groups is 1. The van der Waals surface area contributed by atoms with Crippen molar-refractivity contribution in [1.82, 2.24) is 9.55 Å². The molecular weight excluding hydrogens is 464 g/mol. The lowest BCUT2D eigenvalue weighted by molar-refractivity contribution is -0.116. The number of aryl methyl sites for hydroxylation is 1. The minimum atomic E-state index is -3.81. The van der Waals surface area contributed by atoms with Crippen molar-refractivity contribution in [3.05, 3.63) is 42.5 Å². The summed E-state index contributed by atoms with van der Waals surface area (Å²) in [6.45, 7) is 5.67. The van der Waals surface area contributed by atoms with E-state index in [1.54, 1.807) is 6.07 Å². The van der Waals surface area contributed by atoms with Crippen LogP contribution < -0.4 is 10.0 Å². The van der Waals surface area contributed by atoms with E-state index in [1.165, 1.54) is 23.9 Å². The van der Waals surface area contributed by atoms with Gasteiger partial charge in [-0.1, -0.05) is 37.7 Å². The Bertz CT molecular complexity index is 1260. The highest BCUT2D eigenvalue weighted by atomic mass is 32.2. The quantitative estimate of drug-likeness (QED) is 0.522. The molecule has 1 aromatic heterocycles. The molecule has 1 unspecified atom stereocenters. The monoisotopic (exact) mass is 490 g/mol. The van der Waals surface area contributed by atoms with Gasteiger partial charge in [0.25, 0.3) is 0 Å². The summed E-state index contributed by atoms with van der Waals surface area (Å²) in [5.74, 6) is 0.292. The Morgan fingerprint density at radius 2 is 2.06 bits per heavy atom. The van der Waals surface area contributed by atoms with Crippen LogP contribution in [0.5, 0.6) is 0 Å². The standard InChI is InChI=1S/C22H26N4O3S3/c1-3-11-26-18-9-8-16(32(23,28)29)13-17(18)24-22(26)30-14-21(27)25-12-10-15(2)31-20-7-5-4-6-19(20)25/h4-9,13,15H,3,10-12,14H2,1-2H3,(H2,23,28,29). The van der Waals surface area contributed by atoms with Crippen LogP contribution in [0.3, 0.4) is 0 Å². The second-order valence-corrected chi connectivity index (χ2v) is 11.7. The molecule has 10 heteroatoms. The molecule has 0 saturated carbocycles. The van der Waals surface area contributed by atoms with E-state index in [1.807, 2.05) is 39.4 Å². The number of primary sulfonamides is 1. The Morgan fingerprint density at radius 1 is 1.28 bits per heavy atom. The number of sulfonamides is 1. The highest BCUT2D eigenvalue weighted by Gasteiger charge is 2.25. The number of hydrogen-bond acceptors (Lipinski definition) is 6. The van der Waals surface area contributed by atoms with Crippen LogP contribution in [-0.4, -0.2) is 41.4 Å². The van der Waals surface area contributed by atoms with Gasteiger partial charge >= 0.3 is 0 Å². The highest BCUT2D eigenvalue weighted by molar-refractivity contribution is 8.00. The average molecular weight is 491 g/mol. The van der Waals surface area contributed by atoms with E-state index in [0.29, 0.717) is 22.5 Å². The number of aromatic nitrogens is 2. The third-order valence-corrected chi connectivity index (χ3v) is 8.44. The fourth-order valence-corrected chi connectivity index (χ4v) is 6.33. The predicted molar refractivity (Wildman–Crippen MR) is 131 cm³/mol. The van der Waals surface area contributed by atoms with E-state index in [9.17, 15) is 13.2 Å². The van der Waals surface area contributed by atoms with Crippen molar-refractivity contribution in [2.24, 2.45) is 5.14 Å². The smallest absolute Gasteiger partial charge is 0.238 e. The topological polar surface area (TPSA) is 98.3 Å². The van der Waals surface area contributed by atoms with Crippen molar-refractivity contribution < 1.29 is 13.2 Å². The Labute approximate surface area is 196 Å². The van der Waals surface area contributed by atoms with Crippen molar-refractivity contribution in [3.8, 4) is 0 Å². The van der Waals surface area contributed by atoms with Crippen molar-refractivity contribution >= 4 is 56.2 Å². The molecule has 0 aliphatic carbocycles. The second kappa shape index (κ2) is 9.46. The number of hydrogen-bond donors (Lipinski definition) is 1. The number of thioether (sulfide) groups is 2. The molecule has 7 nitrogen and oxygen atoms in total. The van der Waals surface area contributed by atoms with Gasteiger partial charge in [-0.15, -0.1) is 11.8 Å². The highest BCUT2D eigenvalue weighted by Crippen LogP contribution is 2.37. The lowest BCUT2D eigenvalue weighted by Gasteiger charge is -2.22. The maximum Gasteiger partial charge on any atom is 0.238 e. The van der Waals surface area contributed by atoms with Gasteiger partial charge in [-0.05, 0) is 43.2 Å². The number of carbonyl (C=O) groups excluding carboxylic acids is 1. The third kappa shape index (κ3) is 4.83. The van der Waals surface area contributed by atoms with Gasteiger partial charge in [0.05, 0.1) is 27.4 Å². The van der Waals surface area contributed by atoms with E-state index in [2.05, 4.69) is 24.9 Å². The molecule has 3 aromatic rings. The van der Waals surface area contributed by atoms with Crippen LogP contribution in [0.2, 0.25) is 0 Å². The molecule has 2 aromatic carbocycles. The maximum atomic E-state index is 13.2. The zero-order chi connectivity index (χ0) is 22.9. The Hall–Kier alpha value is -2.01. The van der Waals surface area contributed by atoms with Gasteiger partial charge < -0.3 is 9.47 Å². The molecule has 1 aliphatic rings. The van der Waals surface area contributed by atoms with Gasteiger partial charge in [-0.25, -0.2) is 18.5 Å². The summed E-state index contributed by atoms with van der Waals surface area (Å²) in [6, 6.07) is 12.8. The fraction of sp³-hybridized carbons (Fsp3) is 0.364. The van der Waals surface area contributed by atoms with Crippen molar-refractivity contribution in [1.29, 1.82) is 0 Å². The number of imidazole rings is 1. The van der Waals surface area contributed by atoms with Crippen LogP contribution in [-0.2, 0) is 21.4 Å². The van der Waals surface area contributed by atoms with Crippen molar-refractivity contribution in [2.75, 3.05) is 17.2 Å². The van der Waals surface area contributed by atoms with Crippen LogP contribution in [0.15, 0.2) is 57.4 Å². The summed E-state index contributed by atoms with van der Waals surface area (Å²) < 4.78 is 25.5. The molecule has 0 fully saturated rings. The summed E-state index contributed by atoms with van der Waals surface area (Å²) in [4.78, 5) is 20.9. The van der Waals surface area contributed by atoms with Crippen molar-refractivity contribution in [3.63, 3.8) is 0 Å². The first-order valence-corrected chi connectivity index (χ1v) is 13.9. The molecule has 0 spiro atoms. The third-order valence-electron chi connectivity index (χ3n) is 5.33. The maximum absolute atomic E-state index is 13.2. The van der Waals surface area contributed by atoms with Gasteiger partial charge in [0.2, 0.25) is 15.9 Å². The molecule has 1 amide bonds. The largest absolute Gasteiger partial charge is 0.319 e. The molecule has 0 bridgehead atoms. The number of nitrogens with zero attached hydrogens (tertiary/aromatic N) is 3. The summed E-state index contributed by atoms with van der Waals surface area (Å²) >= 11 is 3.19. The molecule has 2 heterocycles. The minimum absolute atomic E-state index is 0.0339. The fourth-order valence-electron chi connectivity index (χ4n) is 3.76. The SMILES string of the molecule is CCCn1c(SCC(=O)N2CCC(C)Sc3ccccc32)nc2cc(S(N)(=O)=O)ccc21. The molecule has 2 N–H and O–H groups in total. The summed E-state index contributed by atoms with van der Waals surface area (Å²) in [5, 5.41) is 6.42. The van der Waals surface area contributed by atoms with Crippen LogP contribution in [0, 0.1) is 0 Å². The van der Waals surface area contributed by atoms with Crippen LogP contribution in [0.25, 0.3) is 11.0 Å². The first-order valence-electron chi connectivity index (χ1n) is 10.5. The Kier molecular flexibility index (Phi) is 6.85. The normalized spacial score (nSPS) is 16.7. The van der Waals surface area contributed by atoms with Gasteiger partial charge in [-0.2, -0.15) is 0 Å². The number of rotatable bonds is 6. The zero-order valence-electron chi connectivity index (χ0n) is 18.0. The molecule has 0 radical (unpaired) electrons. The number of nitrogens with two attached hydrogens (primary N) is 1. The van der Waals surface area contributed by atoms with E-state index in [-0.39, 0.29) is 16.6 Å². The zero-order valence-corrected chi connectivity index (χ0v) is 20.5. The molecule has 4 rings (SSSR count). The van der Waals surface area contributed by atoms with Crippen LogP contribution in [0.1, 0.15) is 26.7 Å².